The van der Waals surface area contributed by atoms with E-state index in [1.807, 2.05) is 0 Å². The first-order valence-electron chi connectivity index (χ1n) is 6.67. The van der Waals surface area contributed by atoms with Gasteiger partial charge in [0, 0.05) is 24.4 Å². The minimum Gasteiger partial charge on any atom is -0.423 e. The van der Waals surface area contributed by atoms with E-state index < -0.39 is 22.1 Å². The molecule has 1 saturated heterocycles. The van der Waals surface area contributed by atoms with Crippen molar-refractivity contribution >= 4 is 22.8 Å². The molecular weight excluding hydrogens is 323 g/mol. The van der Waals surface area contributed by atoms with Crippen molar-refractivity contribution in [3.8, 4) is 0 Å². The maximum Gasteiger partial charge on any atom is 0.487 e. The second-order valence-corrected chi connectivity index (χ2v) is 6.68. The van der Waals surface area contributed by atoms with Gasteiger partial charge < -0.3 is 9.68 Å². The van der Waals surface area contributed by atoms with Crippen LogP contribution in [0.5, 0.6) is 0 Å². The largest absolute Gasteiger partial charge is 0.487 e. The average molecular weight is 338 g/mol. The maximum absolute atomic E-state index is 12.3. The first-order valence-corrected chi connectivity index (χ1v) is 8.16. The van der Waals surface area contributed by atoms with Gasteiger partial charge in [-0.15, -0.1) is 0 Å². The molecule has 1 aromatic rings. The number of sulfonamides is 1. The van der Waals surface area contributed by atoms with Gasteiger partial charge in [-0.1, -0.05) is 6.58 Å². The van der Waals surface area contributed by atoms with Crippen LogP contribution in [0.4, 0.5) is 5.69 Å². The standard InChI is InChI=1S/C13H15BN2O6S/c1-9-7-12(16(18)19)3-4-13(9)23(20,21)15-10(2)8-11-5-6-22-14(11)17/h3-4,7-8,15,17H,2,5-6H2,1H3. The summed E-state index contributed by atoms with van der Waals surface area (Å²) in [5.74, 6) is 0. The van der Waals surface area contributed by atoms with E-state index in [1.165, 1.54) is 25.1 Å². The van der Waals surface area contributed by atoms with Gasteiger partial charge in [0.25, 0.3) is 15.7 Å². The predicted octanol–water partition coefficient (Wildman–Crippen LogP) is 1.06. The zero-order chi connectivity index (χ0) is 17.2. The van der Waals surface area contributed by atoms with Crippen LogP contribution in [0, 0.1) is 17.0 Å². The second-order valence-electron chi connectivity index (χ2n) is 5.03. The highest BCUT2D eigenvalue weighted by molar-refractivity contribution is 7.89. The summed E-state index contributed by atoms with van der Waals surface area (Å²) >= 11 is 0. The molecular formula is C13H15BN2O6S. The zero-order valence-electron chi connectivity index (χ0n) is 12.4. The minimum absolute atomic E-state index is 0.0716. The Morgan fingerprint density at radius 1 is 1.57 bits per heavy atom. The van der Waals surface area contributed by atoms with Gasteiger partial charge in [0.15, 0.2) is 0 Å². The second kappa shape index (κ2) is 6.53. The summed E-state index contributed by atoms with van der Waals surface area (Å²) in [6.45, 7) is 5.42. The third-order valence-corrected chi connectivity index (χ3v) is 4.84. The van der Waals surface area contributed by atoms with Crippen LogP contribution in [0.2, 0.25) is 0 Å². The third kappa shape index (κ3) is 3.98. The van der Waals surface area contributed by atoms with Gasteiger partial charge in [-0.2, -0.15) is 0 Å². The highest BCUT2D eigenvalue weighted by atomic mass is 32.2. The van der Waals surface area contributed by atoms with Crippen LogP contribution in [-0.4, -0.2) is 32.1 Å². The predicted molar refractivity (Wildman–Crippen MR) is 83.9 cm³/mol. The van der Waals surface area contributed by atoms with Crippen LogP contribution in [0.3, 0.4) is 0 Å². The van der Waals surface area contributed by atoms with Crippen molar-refractivity contribution in [1.29, 1.82) is 0 Å². The Bertz CT molecular complexity index is 790. The van der Waals surface area contributed by atoms with E-state index >= 15 is 0 Å². The number of allylic oxidation sites excluding steroid dienone is 1. The van der Waals surface area contributed by atoms with Gasteiger partial charge in [-0.25, -0.2) is 8.42 Å². The Labute approximate surface area is 133 Å². The van der Waals surface area contributed by atoms with Crippen LogP contribution in [0.25, 0.3) is 0 Å². The van der Waals surface area contributed by atoms with E-state index in [-0.39, 0.29) is 21.8 Å². The molecule has 0 saturated carbocycles. The summed E-state index contributed by atoms with van der Waals surface area (Å²) < 4.78 is 31.9. The summed E-state index contributed by atoms with van der Waals surface area (Å²) in [5, 5.41) is 20.2. The van der Waals surface area contributed by atoms with Crippen molar-refractivity contribution in [1.82, 2.24) is 4.72 Å². The van der Waals surface area contributed by atoms with E-state index in [0.717, 1.165) is 6.07 Å². The number of hydrogen-bond donors (Lipinski definition) is 2. The molecule has 1 heterocycles. The van der Waals surface area contributed by atoms with Crippen molar-refractivity contribution in [2.24, 2.45) is 0 Å². The Hall–Kier alpha value is -2.17. The lowest BCUT2D eigenvalue weighted by atomic mass is 9.79. The normalized spacial score (nSPS) is 16.6. The molecule has 0 atom stereocenters. The molecule has 1 aliphatic heterocycles. The van der Waals surface area contributed by atoms with Gasteiger partial charge in [-0.3, -0.25) is 14.8 Å². The molecule has 1 fully saturated rings. The first kappa shape index (κ1) is 17.2. The number of benzene rings is 1. The Kier molecular flexibility index (Phi) is 4.88. The molecule has 122 valence electrons. The van der Waals surface area contributed by atoms with Gasteiger partial charge in [-0.05, 0) is 36.5 Å². The van der Waals surface area contributed by atoms with Crippen LogP contribution in [0.1, 0.15) is 12.0 Å². The van der Waals surface area contributed by atoms with Crippen molar-refractivity contribution in [2.45, 2.75) is 18.2 Å². The van der Waals surface area contributed by atoms with Crippen LogP contribution in [0.15, 0.2) is 46.9 Å². The van der Waals surface area contributed by atoms with Crippen molar-refractivity contribution in [3.05, 3.63) is 57.7 Å². The SMILES string of the molecule is C=C(C=C1CCOB1O)NS(=O)(=O)c1ccc([N+](=O)[O-])cc1C. The lowest BCUT2D eigenvalue weighted by Gasteiger charge is -2.11. The molecule has 23 heavy (non-hydrogen) atoms. The monoisotopic (exact) mass is 338 g/mol. The van der Waals surface area contributed by atoms with E-state index in [9.17, 15) is 23.6 Å². The molecule has 0 radical (unpaired) electrons. The molecule has 10 heteroatoms. The van der Waals surface area contributed by atoms with Gasteiger partial charge in [0.05, 0.1) is 9.82 Å². The van der Waals surface area contributed by atoms with Crippen molar-refractivity contribution < 1.29 is 23.0 Å². The van der Waals surface area contributed by atoms with E-state index in [0.29, 0.717) is 18.5 Å². The number of hydrogen-bond acceptors (Lipinski definition) is 6. The van der Waals surface area contributed by atoms with E-state index in [1.54, 1.807) is 0 Å². The Morgan fingerprint density at radius 2 is 2.26 bits per heavy atom. The molecule has 1 aliphatic rings. The summed E-state index contributed by atoms with van der Waals surface area (Å²) in [6.07, 6.45) is 1.90. The molecule has 2 N–H and O–H groups in total. The summed E-state index contributed by atoms with van der Waals surface area (Å²) in [6, 6.07) is 3.48. The number of nitro groups is 1. The lowest BCUT2D eigenvalue weighted by Crippen LogP contribution is -2.23. The maximum atomic E-state index is 12.3. The number of aryl methyl sites for hydroxylation is 1. The summed E-state index contributed by atoms with van der Waals surface area (Å²) in [5.41, 5.74) is 0.658. The average Bonchev–Trinajstić information content (AvgIpc) is 2.82. The molecule has 0 unspecified atom stereocenters. The van der Waals surface area contributed by atoms with Crippen molar-refractivity contribution in [3.63, 3.8) is 0 Å². The lowest BCUT2D eigenvalue weighted by molar-refractivity contribution is -0.385. The fraction of sp³-hybridized carbons (Fsp3) is 0.231. The number of rotatable bonds is 5. The van der Waals surface area contributed by atoms with Crippen LogP contribution in [-0.2, 0) is 14.7 Å². The molecule has 2 rings (SSSR count). The molecule has 8 nitrogen and oxygen atoms in total. The van der Waals surface area contributed by atoms with Gasteiger partial charge >= 0.3 is 7.12 Å². The molecule has 0 bridgehead atoms. The quantitative estimate of drug-likeness (QED) is 0.471. The summed E-state index contributed by atoms with van der Waals surface area (Å²) in [7, 11) is -4.99. The zero-order valence-corrected chi connectivity index (χ0v) is 13.2. The third-order valence-electron chi connectivity index (χ3n) is 3.27. The number of nitro benzene ring substituents is 1. The Balaban J connectivity index is 2.22. The van der Waals surface area contributed by atoms with Crippen LogP contribution < -0.4 is 4.72 Å². The molecule has 0 aliphatic carbocycles. The molecule has 1 aromatic carbocycles. The highest BCUT2D eigenvalue weighted by Gasteiger charge is 2.26. The fourth-order valence-corrected chi connectivity index (χ4v) is 3.44. The molecule has 0 aromatic heterocycles. The smallest absolute Gasteiger partial charge is 0.423 e. The molecule has 0 amide bonds. The van der Waals surface area contributed by atoms with Gasteiger partial charge in [0.2, 0.25) is 0 Å². The van der Waals surface area contributed by atoms with E-state index in [2.05, 4.69) is 11.3 Å². The summed E-state index contributed by atoms with van der Waals surface area (Å²) in [4.78, 5) is 10.0. The van der Waals surface area contributed by atoms with Crippen LogP contribution >= 0.6 is 0 Å². The molecule has 0 spiro atoms. The fourth-order valence-electron chi connectivity index (χ4n) is 2.19. The Morgan fingerprint density at radius 3 is 2.78 bits per heavy atom. The highest BCUT2D eigenvalue weighted by Crippen LogP contribution is 2.22. The van der Waals surface area contributed by atoms with Crippen molar-refractivity contribution in [2.75, 3.05) is 6.61 Å². The number of nitrogens with one attached hydrogen (secondary N) is 1. The topological polar surface area (TPSA) is 119 Å². The van der Waals surface area contributed by atoms with E-state index in [4.69, 9.17) is 4.65 Å². The number of nitrogens with zero attached hydrogens (tertiary/aromatic N) is 1. The number of non-ortho nitro benzene ring substituents is 1. The van der Waals surface area contributed by atoms with Gasteiger partial charge in [0.1, 0.15) is 0 Å². The first-order chi connectivity index (χ1) is 10.7. The minimum atomic E-state index is -3.93.